The van der Waals surface area contributed by atoms with Gasteiger partial charge in [0.1, 0.15) is 29.8 Å². The molecule has 0 bridgehead atoms. The summed E-state index contributed by atoms with van der Waals surface area (Å²) in [7, 11) is -4.02. The highest BCUT2D eigenvalue weighted by Gasteiger charge is 2.28. The fourth-order valence-electron chi connectivity index (χ4n) is 5.66. The highest BCUT2D eigenvalue weighted by molar-refractivity contribution is 7.48. The third-order valence-corrected chi connectivity index (χ3v) is 9.78. The number of unbranched alkanes of at least 4 members (excludes halogenated alkanes) is 1. The second-order valence-corrected chi connectivity index (χ2v) is 14.4. The standard InChI is InChI=1S/C41H38N7O11P/c1-3-56-60(55,57-4-2)58-22-8-7-9-26-12-19-32(20-13-26)59-40(54)33-11-6-5-10-28(33)23-31(49)18-21-34(39(52)53)46-37(50)27-14-16-29(17-15-27)43-24-30-25-44-36-35(45-30)38(51)48-41(42)47-36/h1-2,5-6,10-17,19-20,25,34,43H,7-9,18,21-24H2,(H,46,50)(H,52,53)(H3,42,44,47,48,51)/t34-/m0/s1. The van der Waals surface area contributed by atoms with Crippen LogP contribution < -0.4 is 26.7 Å². The fourth-order valence-corrected chi connectivity index (χ4v) is 6.41. The number of aryl methyl sites for hydroxylation is 1. The molecule has 18 nitrogen and oxygen atoms in total. The topological polar surface area (TPSA) is 264 Å². The molecule has 308 valence electrons. The van der Waals surface area contributed by atoms with Crippen molar-refractivity contribution in [3.05, 3.63) is 117 Å². The number of anilines is 2. The highest BCUT2D eigenvalue weighted by Crippen LogP contribution is 2.48. The van der Waals surface area contributed by atoms with Crippen molar-refractivity contribution >= 4 is 54.3 Å². The smallest absolute Gasteiger partial charge is 0.480 e. The molecular formula is C41H38N7O11P. The lowest BCUT2D eigenvalue weighted by Crippen LogP contribution is -2.41. The lowest BCUT2D eigenvalue weighted by Gasteiger charge is -2.15. The molecule has 0 saturated heterocycles. The van der Waals surface area contributed by atoms with Crippen molar-refractivity contribution in [3.63, 3.8) is 0 Å². The first kappa shape index (κ1) is 43.6. The quantitative estimate of drug-likeness (QED) is 0.0223. The number of carboxylic acid groups (broad SMARTS) is 1. The summed E-state index contributed by atoms with van der Waals surface area (Å²) >= 11 is 0. The van der Waals surface area contributed by atoms with Crippen molar-refractivity contribution in [1.82, 2.24) is 25.3 Å². The van der Waals surface area contributed by atoms with Gasteiger partial charge in [0.05, 0.1) is 30.6 Å². The summed E-state index contributed by atoms with van der Waals surface area (Å²) in [5.41, 5.74) is 7.89. The number of hydrogen-bond donors (Lipinski definition) is 5. The number of nitrogens with two attached hydrogens (primary N) is 1. The number of rotatable bonds is 21. The summed E-state index contributed by atoms with van der Waals surface area (Å²) < 4.78 is 31.8. The van der Waals surface area contributed by atoms with Crippen molar-refractivity contribution in [1.29, 1.82) is 0 Å². The minimum atomic E-state index is -4.02. The number of nitrogen functional groups attached to an aromatic ring is 1. The predicted octanol–water partition coefficient (Wildman–Crippen LogP) is 4.56. The Morgan fingerprint density at radius 2 is 1.67 bits per heavy atom. The van der Waals surface area contributed by atoms with E-state index in [-0.39, 0.29) is 72.2 Å². The number of carbonyl (C=O) groups is 4. The molecule has 3 aromatic carbocycles. The van der Waals surface area contributed by atoms with E-state index < -0.39 is 37.3 Å². The second-order valence-electron chi connectivity index (χ2n) is 12.9. The Labute approximate surface area is 342 Å². The first-order chi connectivity index (χ1) is 28.9. The Balaban J connectivity index is 1.07. The van der Waals surface area contributed by atoms with Crippen LogP contribution in [-0.2, 0) is 47.1 Å². The molecule has 0 saturated carbocycles. The van der Waals surface area contributed by atoms with Gasteiger partial charge >= 0.3 is 19.8 Å². The largest absolute Gasteiger partial charge is 0.604 e. The van der Waals surface area contributed by atoms with E-state index in [1.165, 1.54) is 24.4 Å². The summed E-state index contributed by atoms with van der Waals surface area (Å²) in [6.07, 6.45) is 16.1. The van der Waals surface area contributed by atoms with Gasteiger partial charge in [0, 0.05) is 24.1 Å². The Hall–Kier alpha value is -7.53. The minimum Gasteiger partial charge on any atom is -0.480 e. The van der Waals surface area contributed by atoms with E-state index in [4.69, 9.17) is 27.8 Å². The Bertz CT molecular complexity index is 2530. The van der Waals surface area contributed by atoms with Gasteiger partial charge in [-0.05, 0) is 79.3 Å². The molecule has 19 heteroatoms. The Kier molecular flexibility index (Phi) is 15.1. The number of H-pyrrole nitrogens is 1. The lowest BCUT2D eigenvalue weighted by atomic mass is 9.99. The molecule has 60 heavy (non-hydrogen) atoms. The molecule has 1 atom stereocenters. The number of hydrogen-bond acceptors (Lipinski definition) is 15. The van der Waals surface area contributed by atoms with Crippen LogP contribution in [0, 0.1) is 25.1 Å². The molecule has 5 aromatic rings. The van der Waals surface area contributed by atoms with E-state index in [1.807, 2.05) is 0 Å². The molecule has 0 unspecified atom stereocenters. The third-order valence-electron chi connectivity index (χ3n) is 8.62. The molecule has 1 amide bonds. The van der Waals surface area contributed by atoms with E-state index in [0.29, 0.717) is 36.2 Å². The zero-order valence-corrected chi connectivity index (χ0v) is 32.7. The van der Waals surface area contributed by atoms with Crippen LogP contribution in [0.15, 0.2) is 83.8 Å². The number of terminal acetylenes is 2. The summed E-state index contributed by atoms with van der Waals surface area (Å²) in [4.78, 5) is 78.0. The molecule has 5 rings (SSSR count). The van der Waals surface area contributed by atoms with Crippen LogP contribution in [0.1, 0.15) is 63.2 Å². The first-order valence-electron chi connectivity index (χ1n) is 18.2. The molecule has 6 N–H and O–H groups in total. The number of fused-ring (bicyclic) bond motifs is 1. The zero-order valence-electron chi connectivity index (χ0n) is 31.8. The fraction of sp³-hybridized carbons (Fsp3) is 0.220. The monoisotopic (exact) mass is 835 g/mol. The van der Waals surface area contributed by atoms with Gasteiger partial charge in [0.25, 0.3) is 11.5 Å². The van der Waals surface area contributed by atoms with Gasteiger partial charge in [0.2, 0.25) is 5.95 Å². The summed E-state index contributed by atoms with van der Waals surface area (Å²) in [5, 5.41) is 15.4. The van der Waals surface area contributed by atoms with Crippen LogP contribution in [0.3, 0.4) is 0 Å². The average molecular weight is 836 g/mol. The molecule has 2 aromatic heterocycles. The van der Waals surface area contributed by atoms with Crippen molar-refractivity contribution in [2.24, 2.45) is 0 Å². The van der Waals surface area contributed by atoms with Crippen LogP contribution in [-0.4, -0.2) is 61.3 Å². The lowest BCUT2D eigenvalue weighted by molar-refractivity contribution is -0.139. The zero-order chi connectivity index (χ0) is 43.1. The van der Waals surface area contributed by atoms with E-state index in [9.17, 15) is 33.6 Å². The number of Topliss-reactive ketones (excluding diaryl/α,β-unsaturated/α-hetero) is 1. The maximum atomic E-state index is 13.2. The van der Waals surface area contributed by atoms with E-state index in [2.05, 4.69) is 39.6 Å². The van der Waals surface area contributed by atoms with Gasteiger partial charge in [-0.1, -0.05) is 43.2 Å². The molecule has 0 fully saturated rings. The Morgan fingerprint density at radius 1 is 0.950 bits per heavy atom. The Morgan fingerprint density at radius 3 is 2.37 bits per heavy atom. The number of aromatic amines is 1. The summed E-state index contributed by atoms with van der Waals surface area (Å²) in [5.74, 6) is -2.81. The van der Waals surface area contributed by atoms with E-state index in [0.717, 1.165) is 5.56 Å². The molecule has 0 spiro atoms. The van der Waals surface area contributed by atoms with Crippen LogP contribution in [0.5, 0.6) is 5.75 Å². The number of carboxylic acids is 1. The number of aliphatic carboxylic acids is 1. The van der Waals surface area contributed by atoms with Crippen molar-refractivity contribution in [2.75, 3.05) is 17.7 Å². The van der Waals surface area contributed by atoms with Gasteiger partial charge in [-0.25, -0.2) is 24.1 Å². The number of phosphoric ester groups is 1. The number of nitrogens with one attached hydrogen (secondary N) is 3. The van der Waals surface area contributed by atoms with Crippen LogP contribution >= 0.6 is 7.82 Å². The first-order valence-corrected chi connectivity index (χ1v) is 19.6. The number of phosphoric acid groups is 1. The van der Waals surface area contributed by atoms with Gasteiger partial charge in [0.15, 0.2) is 11.2 Å². The van der Waals surface area contributed by atoms with Gasteiger partial charge in [-0.3, -0.25) is 23.9 Å². The maximum Gasteiger partial charge on any atom is 0.604 e. The number of carbonyl (C=O) groups excluding carboxylic acids is 3. The van der Waals surface area contributed by atoms with E-state index >= 15 is 0 Å². The third kappa shape index (κ3) is 12.5. The van der Waals surface area contributed by atoms with Crippen molar-refractivity contribution < 1.29 is 47.2 Å². The molecular weight excluding hydrogens is 797 g/mol. The van der Waals surface area contributed by atoms with Gasteiger partial charge in [-0.15, -0.1) is 0 Å². The SMILES string of the molecule is C#COP(=O)(OC#C)OCCCCc1ccc(OC(=O)c2ccccc2CC(=O)CC[C@H](NC(=O)c2ccc(NCc3cnc4nc(N)[nH]c(=O)c4n3)cc2)C(=O)O)cc1. The average Bonchev–Trinajstić information content (AvgIpc) is 3.22. The van der Waals surface area contributed by atoms with Crippen molar-refractivity contribution in [2.45, 2.75) is 51.1 Å². The molecule has 0 radical (unpaired) electrons. The van der Waals surface area contributed by atoms with Gasteiger partial charge in [-0.2, -0.15) is 4.98 Å². The number of ether oxygens (including phenoxy) is 1. The predicted molar refractivity (Wildman–Crippen MR) is 217 cm³/mol. The molecule has 2 heterocycles. The van der Waals surface area contributed by atoms with Crippen LogP contribution in [0.4, 0.5) is 11.6 Å². The minimum absolute atomic E-state index is 0.0267. The number of nitrogens with zero attached hydrogens (tertiary/aromatic N) is 3. The molecule has 0 aliphatic rings. The van der Waals surface area contributed by atoms with Crippen molar-refractivity contribution in [3.8, 4) is 30.8 Å². The van der Waals surface area contributed by atoms with E-state index in [1.54, 1.807) is 66.8 Å². The van der Waals surface area contributed by atoms with Gasteiger partial charge < -0.3 is 35.3 Å². The normalized spacial score (nSPS) is 11.4. The molecule has 0 aliphatic carbocycles. The number of ketones is 1. The number of esters is 1. The number of aromatic nitrogens is 4. The summed E-state index contributed by atoms with van der Waals surface area (Å²) in [6, 6.07) is 18.1. The maximum absolute atomic E-state index is 13.2. The van der Waals surface area contributed by atoms with Crippen LogP contribution in [0.25, 0.3) is 11.2 Å². The summed E-state index contributed by atoms with van der Waals surface area (Å²) in [6.45, 7) is 0.220. The number of benzene rings is 3. The number of amides is 1. The van der Waals surface area contributed by atoms with Crippen LogP contribution in [0.2, 0.25) is 0 Å². The highest BCUT2D eigenvalue weighted by atomic mass is 31.2. The second kappa shape index (κ2) is 20.8. The molecule has 0 aliphatic heterocycles.